The van der Waals surface area contributed by atoms with Crippen molar-refractivity contribution in [2.45, 2.75) is 47.6 Å². The highest BCUT2D eigenvalue weighted by molar-refractivity contribution is 5.56. The van der Waals surface area contributed by atoms with Crippen molar-refractivity contribution in [3.8, 4) is 0 Å². The van der Waals surface area contributed by atoms with Gasteiger partial charge in [-0.3, -0.25) is 0 Å². The molecule has 2 rings (SSSR count). The molecule has 2 N–H and O–H groups in total. The number of fused-ring (bicyclic) bond motifs is 1. The summed E-state index contributed by atoms with van der Waals surface area (Å²) in [6.07, 6.45) is 0. The average molecular weight is 208 g/mol. The van der Waals surface area contributed by atoms with Crippen LogP contribution >= 0.6 is 0 Å². The molecule has 1 aromatic carbocycles. The smallest absolute Gasteiger partial charge is 0.0536 e. The van der Waals surface area contributed by atoms with Crippen LogP contribution in [0.2, 0.25) is 0 Å². The van der Waals surface area contributed by atoms with Gasteiger partial charge in [0.2, 0.25) is 0 Å². The Morgan fingerprint density at radius 3 is 2.27 bits per heavy atom. The van der Waals surface area contributed by atoms with Crippen molar-refractivity contribution in [2.75, 3.05) is 5.43 Å². The maximum atomic E-state index is 3.16. The molecule has 0 aromatic heterocycles. The summed E-state index contributed by atoms with van der Waals surface area (Å²) in [5.41, 5.74) is 10.2. The summed E-state index contributed by atoms with van der Waals surface area (Å²) in [6, 6.07) is 6.88. The lowest BCUT2D eigenvalue weighted by atomic mass is 10.1. The molecule has 0 saturated carbocycles. The van der Waals surface area contributed by atoms with Crippen LogP contribution in [0.4, 0.5) is 5.69 Å². The highest BCUT2D eigenvalue weighted by atomic mass is 15.4. The van der Waals surface area contributed by atoms with E-state index in [0.717, 1.165) is 0 Å². The van der Waals surface area contributed by atoms with Crippen LogP contribution < -0.4 is 10.9 Å². The first-order chi connectivity index (χ1) is 7.27. The van der Waals surface area contributed by atoms with Crippen molar-refractivity contribution in [2.24, 2.45) is 0 Å². The quantitative estimate of drug-likeness (QED) is 0.672. The van der Waals surface area contributed by atoms with Gasteiger partial charge in [0.1, 0.15) is 0 Å². The van der Waals surface area contributed by atoms with Crippen molar-refractivity contribution in [3.05, 3.63) is 29.3 Å². The van der Waals surface area contributed by atoms with Crippen molar-refractivity contribution in [1.29, 1.82) is 0 Å². The molecule has 2 heteroatoms. The second kappa shape index (κ2) is 7.30. The van der Waals surface area contributed by atoms with E-state index in [1.807, 2.05) is 27.7 Å². The van der Waals surface area contributed by atoms with Gasteiger partial charge < -0.3 is 5.43 Å². The van der Waals surface area contributed by atoms with E-state index in [0.29, 0.717) is 6.04 Å². The lowest BCUT2D eigenvalue weighted by Gasteiger charge is -2.01. The second-order valence-electron chi connectivity index (χ2n) is 3.08. The zero-order valence-electron chi connectivity index (χ0n) is 10.8. The van der Waals surface area contributed by atoms with Gasteiger partial charge in [0.15, 0.2) is 0 Å². The molecular weight excluding hydrogens is 184 g/mol. The summed E-state index contributed by atoms with van der Waals surface area (Å²) in [5, 5.41) is 0. The number of aryl methyl sites for hydroxylation is 1. The van der Waals surface area contributed by atoms with Gasteiger partial charge in [-0.15, -0.1) is 0 Å². The number of nitrogens with one attached hydrogen (secondary N) is 2. The molecule has 1 aromatic rings. The van der Waals surface area contributed by atoms with Crippen LogP contribution in [0.15, 0.2) is 18.2 Å². The van der Waals surface area contributed by atoms with Crippen molar-refractivity contribution < 1.29 is 0 Å². The molecule has 1 aliphatic heterocycles. The van der Waals surface area contributed by atoms with Gasteiger partial charge in [-0.05, 0) is 25.5 Å². The average Bonchev–Trinajstić information content (AvgIpc) is 2.66. The monoisotopic (exact) mass is 208 g/mol. The zero-order chi connectivity index (χ0) is 11.8. The van der Waals surface area contributed by atoms with E-state index in [1.165, 1.54) is 16.8 Å². The van der Waals surface area contributed by atoms with Crippen LogP contribution in [0, 0.1) is 6.92 Å². The Bertz CT molecular complexity index is 282. The fourth-order valence-electron chi connectivity index (χ4n) is 1.42. The Morgan fingerprint density at radius 2 is 1.67 bits per heavy atom. The minimum absolute atomic E-state index is 0.435. The van der Waals surface area contributed by atoms with Crippen LogP contribution in [0.3, 0.4) is 0 Å². The van der Waals surface area contributed by atoms with Crippen molar-refractivity contribution >= 4 is 5.69 Å². The van der Waals surface area contributed by atoms with Gasteiger partial charge in [0.25, 0.3) is 0 Å². The van der Waals surface area contributed by atoms with Gasteiger partial charge in [-0.2, -0.15) is 0 Å². The minimum Gasteiger partial charge on any atom is -0.321 e. The lowest BCUT2D eigenvalue weighted by Crippen LogP contribution is -2.15. The highest BCUT2D eigenvalue weighted by Crippen LogP contribution is 2.27. The number of rotatable bonds is 0. The van der Waals surface area contributed by atoms with E-state index < -0.39 is 0 Å². The van der Waals surface area contributed by atoms with Crippen molar-refractivity contribution in [3.63, 3.8) is 0 Å². The molecule has 1 aliphatic rings. The standard InChI is InChI=1S/C9H12N2.2C2H6/c1-6-3-4-9-8(5-6)7(2)10-11-9;2*1-2/h3-5,7,10-11H,1-2H3;2*1-2H3. The SMILES string of the molecule is CC.CC.Cc1ccc2c(c1)C(C)NN2. The zero-order valence-corrected chi connectivity index (χ0v) is 10.8. The van der Waals surface area contributed by atoms with E-state index in [4.69, 9.17) is 0 Å². The van der Waals surface area contributed by atoms with E-state index >= 15 is 0 Å². The molecule has 86 valence electrons. The molecule has 0 fully saturated rings. The Morgan fingerprint density at radius 1 is 1.07 bits per heavy atom. The third-order valence-corrected chi connectivity index (χ3v) is 2.10. The Labute approximate surface area is 94.1 Å². The third kappa shape index (κ3) is 3.56. The molecule has 0 aliphatic carbocycles. The summed E-state index contributed by atoms with van der Waals surface area (Å²) in [5.74, 6) is 0. The third-order valence-electron chi connectivity index (χ3n) is 2.10. The van der Waals surface area contributed by atoms with Crippen LogP contribution in [0.5, 0.6) is 0 Å². The summed E-state index contributed by atoms with van der Waals surface area (Å²) >= 11 is 0. The second-order valence-corrected chi connectivity index (χ2v) is 3.08. The minimum atomic E-state index is 0.435. The Hall–Kier alpha value is -1.02. The van der Waals surface area contributed by atoms with Crippen LogP contribution in [0.25, 0.3) is 0 Å². The Balaban J connectivity index is 0.000000442. The number of anilines is 1. The van der Waals surface area contributed by atoms with Crippen LogP contribution in [0.1, 0.15) is 51.8 Å². The summed E-state index contributed by atoms with van der Waals surface area (Å²) < 4.78 is 0. The van der Waals surface area contributed by atoms with Crippen LogP contribution in [-0.4, -0.2) is 0 Å². The molecule has 0 saturated heterocycles. The molecule has 1 heterocycles. The van der Waals surface area contributed by atoms with E-state index in [9.17, 15) is 0 Å². The molecule has 1 unspecified atom stereocenters. The number of hydrazine groups is 1. The molecule has 0 spiro atoms. The molecule has 1 atom stereocenters. The maximum Gasteiger partial charge on any atom is 0.0536 e. The first-order valence-corrected chi connectivity index (χ1v) is 5.89. The van der Waals surface area contributed by atoms with E-state index in [-0.39, 0.29) is 0 Å². The molecular formula is C13H24N2. The highest BCUT2D eigenvalue weighted by Gasteiger charge is 2.16. The van der Waals surface area contributed by atoms with E-state index in [1.54, 1.807) is 0 Å². The van der Waals surface area contributed by atoms with E-state index in [2.05, 4.69) is 42.9 Å². The number of hydrogen-bond acceptors (Lipinski definition) is 2. The largest absolute Gasteiger partial charge is 0.321 e. The summed E-state index contributed by atoms with van der Waals surface area (Å²) in [6.45, 7) is 12.3. The molecule has 0 amide bonds. The Kier molecular flexibility index (Phi) is 6.80. The van der Waals surface area contributed by atoms with Crippen molar-refractivity contribution in [1.82, 2.24) is 5.43 Å². The fourth-order valence-corrected chi connectivity index (χ4v) is 1.42. The van der Waals surface area contributed by atoms with Gasteiger partial charge in [-0.25, -0.2) is 5.43 Å². The molecule has 0 radical (unpaired) electrons. The fraction of sp³-hybridized carbons (Fsp3) is 0.538. The molecule has 15 heavy (non-hydrogen) atoms. The number of hydrogen-bond donors (Lipinski definition) is 2. The predicted molar refractivity (Wildman–Crippen MR) is 69.0 cm³/mol. The number of benzene rings is 1. The maximum absolute atomic E-state index is 3.16. The van der Waals surface area contributed by atoms with Gasteiger partial charge in [0, 0.05) is 0 Å². The first-order valence-electron chi connectivity index (χ1n) is 5.89. The predicted octanol–water partition coefficient (Wildman–Crippen LogP) is 4.04. The normalized spacial score (nSPS) is 16.3. The molecule has 2 nitrogen and oxygen atoms in total. The summed E-state index contributed by atoms with van der Waals surface area (Å²) in [7, 11) is 0. The molecule has 0 bridgehead atoms. The summed E-state index contributed by atoms with van der Waals surface area (Å²) in [4.78, 5) is 0. The van der Waals surface area contributed by atoms with Gasteiger partial charge >= 0.3 is 0 Å². The van der Waals surface area contributed by atoms with Gasteiger partial charge in [0.05, 0.1) is 11.7 Å². The lowest BCUT2D eigenvalue weighted by molar-refractivity contribution is 0.687. The first kappa shape index (κ1) is 14.0. The topological polar surface area (TPSA) is 24.1 Å². The van der Waals surface area contributed by atoms with Gasteiger partial charge in [-0.1, -0.05) is 45.4 Å². The van der Waals surface area contributed by atoms with Crippen LogP contribution in [-0.2, 0) is 0 Å².